The molecule has 0 saturated carbocycles. The van der Waals surface area contributed by atoms with E-state index in [4.69, 9.17) is 4.74 Å². The molecule has 24 heavy (non-hydrogen) atoms. The Bertz CT molecular complexity index is 546. The molecule has 0 bridgehead atoms. The van der Waals surface area contributed by atoms with E-state index >= 15 is 0 Å². The van der Waals surface area contributed by atoms with E-state index in [2.05, 4.69) is 5.32 Å². The number of benzene rings is 1. The standard InChI is InChI=1S/C16H21F3N2O3/c1-11(22)12-6-8-21(10-12)15(23)20-7-9-24-14-4-2-13(3-5-14)16(17,18)19/h2-5,11-12,22H,6-10H2,1H3,(H,20,23). The van der Waals surface area contributed by atoms with Gasteiger partial charge >= 0.3 is 12.2 Å². The monoisotopic (exact) mass is 346 g/mol. The zero-order valence-electron chi connectivity index (χ0n) is 13.3. The van der Waals surface area contributed by atoms with Crippen LogP contribution in [0, 0.1) is 5.92 Å². The van der Waals surface area contributed by atoms with Crippen LogP contribution in [0.25, 0.3) is 0 Å². The first-order valence-corrected chi connectivity index (χ1v) is 7.78. The van der Waals surface area contributed by atoms with Gasteiger partial charge in [-0.1, -0.05) is 0 Å². The minimum atomic E-state index is -4.37. The second kappa shape index (κ2) is 7.74. The van der Waals surface area contributed by atoms with Crippen LogP contribution in [0.4, 0.5) is 18.0 Å². The molecule has 0 spiro atoms. The number of ether oxygens (including phenoxy) is 1. The van der Waals surface area contributed by atoms with Crippen molar-refractivity contribution in [3.8, 4) is 5.75 Å². The molecule has 1 aliphatic heterocycles. The van der Waals surface area contributed by atoms with E-state index in [1.807, 2.05) is 0 Å². The normalized spacial score (nSPS) is 19.2. The molecule has 1 aromatic carbocycles. The average Bonchev–Trinajstić information content (AvgIpc) is 3.01. The number of hydrogen-bond donors (Lipinski definition) is 2. The number of alkyl halides is 3. The summed E-state index contributed by atoms with van der Waals surface area (Å²) in [6.45, 7) is 3.23. The van der Waals surface area contributed by atoms with Crippen LogP contribution in [0.5, 0.6) is 5.75 Å². The van der Waals surface area contributed by atoms with Gasteiger partial charge in [0.05, 0.1) is 18.2 Å². The van der Waals surface area contributed by atoms with Crippen LogP contribution >= 0.6 is 0 Å². The molecule has 2 amide bonds. The van der Waals surface area contributed by atoms with Gasteiger partial charge < -0.3 is 20.1 Å². The van der Waals surface area contributed by atoms with Gasteiger partial charge in [0, 0.05) is 19.0 Å². The second-order valence-corrected chi connectivity index (χ2v) is 5.84. The van der Waals surface area contributed by atoms with Gasteiger partial charge in [-0.25, -0.2) is 4.79 Å². The zero-order valence-corrected chi connectivity index (χ0v) is 13.3. The number of carbonyl (C=O) groups excluding carboxylic acids is 1. The molecule has 1 heterocycles. The molecular formula is C16H21F3N2O3. The Morgan fingerprint density at radius 1 is 1.42 bits per heavy atom. The van der Waals surface area contributed by atoms with Crippen molar-refractivity contribution in [2.45, 2.75) is 25.6 Å². The van der Waals surface area contributed by atoms with Gasteiger partial charge in [0.25, 0.3) is 0 Å². The van der Waals surface area contributed by atoms with Gasteiger partial charge in [-0.15, -0.1) is 0 Å². The first-order chi connectivity index (χ1) is 11.3. The molecule has 1 aliphatic rings. The summed E-state index contributed by atoms with van der Waals surface area (Å²) < 4.78 is 42.6. The Labute approximate surface area is 138 Å². The number of urea groups is 1. The number of aliphatic hydroxyl groups excluding tert-OH is 1. The number of nitrogens with one attached hydrogen (secondary N) is 1. The molecule has 2 unspecified atom stereocenters. The number of nitrogens with zero attached hydrogens (tertiary/aromatic N) is 1. The van der Waals surface area contributed by atoms with E-state index in [9.17, 15) is 23.1 Å². The molecule has 1 aromatic rings. The fourth-order valence-electron chi connectivity index (χ4n) is 2.54. The van der Waals surface area contributed by atoms with Gasteiger partial charge in [-0.05, 0) is 37.6 Å². The Morgan fingerprint density at radius 2 is 2.08 bits per heavy atom. The summed E-state index contributed by atoms with van der Waals surface area (Å²) in [7, 11) is 0. The Hall–Kier alpha value is -1.96. The SMILES string of the molecule is CC(O)C1CCN(C(=O)NCCOc2ccc(C(F)(F)F)cc2)C1. The topological polar surface area (TPSA) is 61.8 Å². The summed E-state index contributed by atoms with van der Waals surface area (Å²) in [6.07, 6.45) is -4.04. The number of halogens is 3. The predicted octanol–water partition coefficient (Wildman–Crippen LogP) is 2.50. The molecule has 134 valence electrons. The Balaban J connectivity index is 1.69. The number of rotatable bonds is 5. The van der Waals surface area contributed by atoms with Crippen molar-refractivity contribution in [3.05, 3.63) is 29.8 Å². The third-order valence-corrected chi connectivity index (χ3v) is 4.02. The summed E-state index contributed by atoms with van der Waals surface area (Å²) in [6, 6.07) is 4.17. The first kappa shape index (κ1) is 18.4. The van der Waals surface area contributed by atoms with Gasteiger partial charge in [0.15, 0.2) is 0 Å². The Kier molecular flexibility index (Phi) is 5.93. The van der Waals surface area contributed by atoms with Crippen LogP contribution in [0.1, 0.15) is 18.9 Å². The van der Waals surface area contributed by atoms with Crippen molar-refractivity contribution in [2.75, 3.05) is 26.2 Å². The maximum Gasteiger partial charge on any atom is 0.416 e. The number of amides is 2. The summed E-state index contributed by atoms with van der Waals surface area (Å²) >= 11 is 0. The summed E-state index contributed by atoms with van der Waals surface area (Å²) in [5.41, 5.74) is -0.732. The number of carbonyl (C=O) groups is 1. The molecule has 1 fully saturated rings. The van der Waals surface area contributed by atoms with E-state index in [0.717, 1.165) is 18.6 Å². The predicted molar refractivity (Wildman–Crippen MR) is 81.7 cm³/mol. The molecule has 0 aromatic heterocycles. The average molecular weight is 346 g/mol. The van der Waals surface area contributed by atoms with Gasteiger partial charge in [0.1, 0.15) is 12.4 Å². The molecule has 2 atom stereocenters. The Morgan fingerprint density at radius 3 is 2.62 bits per heavy atom. The summed E-state index contributed by atoms with van der Waals surface area (Å²) in [5.74, 6) is 0.409. The van der Waals surface area contributed by atoms with Crippen LogP contribution < -0.4 is 10.1 Å². The molecule has 2 rings (SSSR count). The lowest BCUT2D eigenvalue weighted by molar-refractivity contribution is -0.137. The van der Waals surface area contributed by atoms with Gasteiger partial charge in [0.2, 0.25) is 0 Å². The third-order valence-electron chi connectivity index (χ3n) is 4.02. The van der Waals surface area contributed by atoms with Crippen molar-refractivity contribution < 1.29 is 27.8 Å². The highest BCUT2D eigenvalue weighted by Gasteiger charge is 2.30. The fourth-order valence-corrected chi connectivity index (χ4v) is 2.54. The number of likely N-dealkylation sites (tertiary alicyclic amines) is 1. The van der Waals surface area contributed by atoms with E-state index in [-0.39, 0.29) is 25.1 Å². The van der Waals surface area contributed by atoms with Crippen LogP contribution in [0.15, 0.2) is 24.3 Å². The third kappa shape index (κ3) is 5.02. The maximum absolute atomic E-state index is 12.4. The molecule has 5 nitrogen and oxygen atoms in total. The molecular weight excluding hydrogens is 325 g/mol. The first-order valence-electron chi connectivity index (χ1n) is 7.78. The molecule has 2 N–H and O–H groups in total. The largest absolute Gasteiger partial charge is 0.492 e. The van der Waals surface area contributed by atoms with Crippen LogP contribution in [-0.2, 0) is 6.18 Å². The number of aliphatic hydroxyl groups is 1. The smallest absolute Gasteiger partial charge is 0.416 e. The molecule has 8 heteroatoms. The van der Waals surface area contributed by atoms with Crippen LogP contribution in [-0.4, -0.2) is 48.4 Å². The van der Waals surface area contributed by atoms with Crippen LogP contribution in [0.3, 0.4) is 0 Å². The maximum atomic E-state index is 12.4. The van der Waals surface area contributed by atoms with Crippen molar-refractivity contribution in [2.24, 2.45) is 5.92 Å². The van der Waals surface area contributed by atoms with Crippen molar-refractivity contribution in [1.29, 1.82) is 0 Å². The zero-order chi connectivity index (χ0) is 17.7. The quantitative estimate of drug-likeness (QED) is 0.806. The van der Waals surface area contributed by atoms with E-state index < -0.39 is 17.8 Å². The fraction of sp³-hybridized carbons (Fsp3) is 0.562. The van der Waals surface area contributed by atoms with E-state index in [0.29, 0.717) is 18.8 Å². The van der Waals surface area contributed by atoms with Crippen molar-refractivity contribution >= 4 is 6.03 Å². The van der Waals surface area contributed by atoms with Gasteiger partial charge in [-0.2, -0.15) is 13.2 Å². The van der Waals surface area contributed by atoms with E-state index in [1.165, 1.54) is 12.1 Å². The van der Waals surface area contributed by atoms with Gasteiger partial charge in [-0.3, -0.25) is 0 Å². The summed E-state index contributed by atoms with van der Waals surface area (Å²) in [4.78, 5) is 13.6. The summed E-state index contributed by atoms with van der Waals surface area (Å²) in [5, 5.41) is 12.2. The molecule has 0 aliphatic carbocycles. The lowest BCUT2D eigenvalue weighted by Crippen LogP contribution is -2.40. The highest BCUT2D eigenvalue weighted by atomic mass is 19.4. The molecule has 0 radical (unpaired) electrons. The van der Waals surface area contributed by atoms with Crippen LogP contribution in [0.2, 0.25) is 0 Å². The van der Waals surface area contributed by atoms with Crippen molar-refractivity contribution in [1.82, 2.24) is 10.2 Å². The highest BCUT2D eigenvalue weighted by Crippen LogP contribution is 2.30. The molecule has 1 saturated heterocycles. The lowest BCUT2D eigenvalue weighted by atomic mass is 10.0. The van der Waals surface area contributed by atoms with E-state index in [1.54, 1.807) is 11.8 Å². The number of hydrogen-bond acceptors (Lipinski definition) is 3. The lowest BCUT2D eigenvalue weighted by Gasteiger charge is -2.18. The minimum Gasteiger partial charge on any atom is -0.492 e. The van der Waals surface area contributed by atoms with Crippen molar-refractivity contribution in [3.63, 3.8) is 0 Å². The highest BCUT2D eigenvalue weighted by molar-refractivity contribution is 5.74. The second-order valence-electron chi connectivity index (χ2n) is 5.84. The minimum absolute atomic E-state index is 0.0964.